The lowest BCUT2D eigenvalue weighted by Gasteiger charge is -2.09. The maximum absolute atomic E-state index is 12.1. The van der Waals surface area contributed by atoms with Crippen molar-refractivity contribution in [2.24, 2.45) is 0 Å². The van der Waals surface area contributed by atoms with E-state index in [0.717, 1.165) is 16.9 Å². The van der Waals surface area contributed by atoms with E-state index in [0.29, 0.717) is 31.6 Å². The van der Waals surface area contributed by atoms with Crippen LogP contribution in [0.5, 0.6) is 5.75 Å². The van der Waals surface area contributed by atoms with Gasteiger partial charge in [0, 0.05) is 31.1 Å². The first-order valence-corrected chi connectivity index (χ1v) is 9.60. The molecular formula is C23H25N3O3. The third-order valence-corrected chi connectivity index (χ3v) is 4.62. The number of amides is 1. The van der Waals surface area contributed by atoms with Crippen molar-refractivity contribution in [2.75, 3.05) is 7.11 Å². The van der Waals surface area contributed by atoms with Gasteiger partial charge < -0.3 is 10.1 Å². The first kappa shape index (κ1) is 20.3. The monoisotopic (exact) mass is 391 g/mol. The molecule has 0 aliphatic heterocycles. The van der Waals surface area contributed by atoms with Crippen molar-refractivity contribution in [3.8, 4) is 17.0 Å². The molecule has 0 saturated heterocycles. The maximum Gasteiger partial charge on any atom is 0.266 e. The van der Waals surface area contributed by atoms with Crippen LogP contribution in [0.15, 0.2) is 65.5 Å². The molecule has 1 aromatic heterocycles. The summed E-state index contributed by atoms with van der Waals surface area (Å²) in [5.41, 5.74) is 3.62. The lowest BCUT2D eigenvalue weighted by Crippen LogP contribution is -2.25. The summed E-state index contributed by atoms with van der Waals surface area (Å²) >= 11 is 0. The molecule has 29 heavy (non-hydrogen) atoms. The minimum atomic E-state index is -0.184. The molecular weight excluding hydrogens is 366 g/mol. The van der Waals surface area contributed by atoms with E-state index in [1.165, 1.54) is 16.3 Å². The number of hydrogen-bond donors (Lipinski definition) is 1. The number of carbonyl (C=O) groups is 1. The zero-order valence-electron chi connectivity index (χ0n) is 16.7. The number of nitrogens with zero attached hydrogens (tertiary/aromatic N) is 2. The van der Waals surface area contributed by atoms with Gasteiger partial charge in [-0.05, 0) is 37.1 Å². The van der Waals surface area contributed by atoms with Crippen LogP contribution in [0.3, 0.4) is 0 Å². The summed E-state index contributed by atoms with van der Waals surface area (Å²) in [6.45, 7) is 2.92. The average Bonchev–Trinajstić information content (AvgIpc) is 2.74. The molecule has 0 spiro atoms. The predicted octanol–water partition coefficient (Wildman–Crippen LogP) is 3.32. The van der Waals surface area contributed by atoms with Gasteiger partial charge in [0.25, 0.3) is 5.56 Å². The molecule has 0 aliphatic rings. The van der Waals surface area contributed by atoms with E-state index in [4.69, 9.17) is 4.74 Å². The average molecular weight is 391 g/mol. The Labute approximate surface area is 170 Å². The van der Waals surface area contributed by atoms with E-state index >= 15 is 0 Å². The quantitative estimate of drug-likeness (QED) is 0.639. The van der Waals surface area contributed by atoms with Crippen LogP contribution >= 0.6 is 0 Å². The number of aromatic nitrogens is 2. The van der Waals surface area contributed by atoms with Crippen molar-refractivity contribution >= 4 is 5.91 Å². The first-order valence-electron chi connectivity index (χ1n) is 9.60. The molecule has 3 rings (SSSR count). The SMILES string of the molecule is COc1cccc(-c2ccc(=O)n(CCCC(=O)NCc3ccc(C)cc3)n2)c1. The minimum Gasteiger partial charge on any atom is -0.497 e. The maximum atomic E-state index is 12.1. The molecule has 0 atom stereocenters. The fourth-order valence-electron chi connectivity index (χ4n) is 2.93. The molecule has 6 heteroatoms. The highest BCUT2D eigenvalue weighted by Crippen LogP contribution is 2.21. The number of methoxy groups -OCH3 is 1. The summed E-state index contributed by atoms with van der Waals surface area (Å²) in [6, 6.07) is 18.8. The van der Waals surface area contributed by atoms with Gasteiger partial charge in [0.15, 0.2) is 0 Å². The number of ether oxygens (including phenoxy) is 1. The number of hydrogen-bond acceptors (Lipinski definition) is 4. The van der Waals surface area contributed by atoms with Crippen LogP contribution < -0.4 is 15.6 Å². The molecule has 0 unspecified atom stereocenters. The molecule has 0 fully saturated rings. The van der Waals surface area contributed by atoms with E-state index < -0.39 is 0 Å². The molecule has 0 aliphatic carbocycles. The molecule has 150 valence electrons. The standard InChI is InChI=1S/C23H25N3O3/c1-17-8-10-18(11-9-17)16-24-22(27)7-4-14-26-23(28)13-12-21(25-26)19-5-3-6-20(15-19)29-2/h3,5-6,8-13,15H,4,7,14,16H2,1-2H3,(H,24,27). The Morgan fingerprint density at radius 1 is 1.10 bits per heavy atom. The van der Waals surface area contributed by atoms with Gasteiger partial charge in [0.2, 0.25) is 5.91 Å². The summed E-state index contributed by atoms with van der Waals surface area (Å²) in [5.74, 6) is 0.690. The molecule has 1 heterocycles. The van der Waals surface area contributed by atoms with Gasteiger partial charge in [-0.1, -0.05) is 42.0 Å². The minimum absolute atomic E-state index is 0.0393. The number of rotatable bonds is 8. The number of benzene rings is 2. The van der Waals surface area contributed by atoms with Crippen LogP contribution in [0.2, 0.25) is 0 Å². The van der Waals surface area contributed by atoms with Gasteiger partial charge >= 0.3 is 0 Å². The smallest absolute Gasteiger partial charge is 0.266 e. The van der Waals surface area contributed by atoms with Crippen molar-refractivity contribution < 1.29 is 9.53 Å². The summed E-state index contributed by atoms with van der Waals surface area (Å²) < 4.78 is 6.65. The van der Waals surface area contributed by atoms with Crippen molar-refractivity contribution in [3.05, 3.63) is 82.1 Å². The highest BCUT2D eigenvalue weighted by atomic mass is 16.5. The van der Waals surface area contributed by atoms with E-state index in [2.05, 4.69) is 10.4 Å². The van der Waals surface area contributed by atoms with E-state index in [-0.39, 0.29) is 11.5 Å². The Hall–Kier alpha value is -3.41. The van der Waals surface area contributed by atoms with Crippen molar-refractivity contribution in [2.45, 2.75) is 32.9 Å². The van der Waals surface area contributed by atoms with Gasteiger partial charge in [-0.2, -0.15) is 5.10 Å². The number of carbonyl (C=O) groups excluding carboxylic acids is 1. The summed E-state index contributed by atoms with van der Waals surface area (Å²) in [4.78, 5) is 24.2. The summed E-state index contributed by atoms with van der Waals surface area (Å²) in [6.07, 6.45) is 0.873. The van der Waals surface area contributed by atoms with Crippen molar-refractivity contribution in [1.29, 1.82) is 0 Å². The zero-order chi connectivity index (χ0) is 20.6. The summed E-state index contributed by atoms with van der Waals surface area (Å²) in [7, 11) is 1.61. The number of aryl methyl sites for hydroxylation is 2. The lowest BCUT2D eigenvalue weighted by molar-refractivity contribution is -0.121. The molecule has 0 bridgehead atoms. The Morgan fingerprint density at radius 3 is 2.66 bits per heavy atom. The van der Waals surface area contributed by atoms with Crippen molar-refractivity contribution in [3.63, 3.8) is 0 Å². The fraction of sp³-hybridized carbons (Fsp3) is 0.261. The topological polar surface area (TPSA) is 73.2 Å². The summed E-state index contributed by atoms with van der Waals surface area (Å²) in [5, 5.41) is 7.34. The van der Waals surface area contributed by atoms with Crippen LogP contribution in [0.1, 0.15) is 24.0 Å². The van der Waals surface area contributed by atoms with Crippen LogP contribution in [0, 0.1) is 6.92 Å². The molecule has 6 nitrogen and oxygen atoms in total. The van der Waals surface area contributed by atoms with Gasteiger partial charge in [-0.15, -0.1) is 0 Å². The van der Waals surface area contributed by atoms with E-state index in [9.17, 15) is 9.59 Å². The first-order chi connectivity index (χ1) is 14.0. The number of nitrogens with one attached hydrogen (secondary N) is 1. The predicted molar refractivity (Wildman–Crippen MR) is 113 cm³/mol. The largest absolute Gasteiger partial charge is 0.497 e. The van der Waals surface area contributed by atoms with Gasteiger partial charge in [-0.25, -0.2) is 4.68 Å². The second-order valence-electron chi connectivity index (χ2n) is 6.88. The molecule has 0 radical (unpaired) electrons. The third kappa shape index (κ3) is 5.78. The van der Waals surface area contributed by atoms with Crippen LogP contribution in [-0.2, 0) is 17.9 Å². The normalized spacial score (nSPS) is 10.6. The molecule has 1 N–H and O–H groups in total. The fourth-order valence-corrected chi connectivity index (χ4v) is 2.93. The third-order valence-electron chi connectivity index (χ3n) is 4.62. The molecule has 2 aromatic carbocycles. The van der Waals surface area contributed by atoms with E-state index in [1.54, 1.807) is 13.2 Å². The highest BCUT2D eigenvalue weighted by molar-refractivity contribution is 5.75. The molecule has 0 saturated carbocycles. The second-order valence-corrected chi connectivity index (χ2v) is 6.88. The van der Waals surface area contributed by atoms with Gasteiger partial charge in [-0.3, -0.25) is 9.59 Å². The second kappa shape index (κ2) is 9.68. The van der Waals surface area contributed by atoms with Crippen LogP contribution in [-0.4, -0.2) is 22.8 Å². The zero-order valence-corrected chi connectivity index (χ0v) is 16.7. The Bertz CT molecular complexity index is 1030. The van der Waals surface area contributed by atoms with Crippen molar-refractivity contribution in [1.82, 2.24) is 15.1 Å². The Balaban J connectivity index is 1.55. The lowest BCUT2D eigenvalue weighted by atomic mass is 10.1. The Kier molecular flexibility index (Phi) is 6.79. The van der Waals surface area contributed by atoms with Gasteiger partial charge in [0.1, 0.15) is 5.75 Å². The van der Waals surface area contributed by atoms with E-state index in [1.807, 2.05) is 55.5 Å². The van der Waals surface area contributed by atoms with Crippen LogP contribution in [0.25, 0.3) is 11.3 Å². The molecule has 3 aromatic rings. The molecule has 1 amide bonds. The highest BCUT2D eigenvalue weighted by Gasteiger charge is 2.07. The van der Waals surface area contributed by atoms with Gasteiger partial charge in [0.05, 0.1) is 12.8 Å². The Morgan fingerprint density at radius 2 is 1.90 bits per heavy atom. The van der Waals surface area contributed by atoms with Crippen LogP contribution in [0.4, 0.5) is 0 Å².